The topological polar surface area (TPSA) is 77.2 Å². The van der Waals surface area contributed by atoms with Crippen molar-refractivity contribution in [2.24, 2.45) is 0 Å². The highest BCUT2D eigenvalue weighted by Gasteiger charge is 2.21. The highest BCUT2D eigenvalue weighted by Crippen LogP contribution is 2.27. The SMILES string of the molecule is Cc1ccc(OCc2nc(CC(=O)Nc3ccc4oc(C(C)(C)C)nc4c3)cs2)cc1. The van der Waals surface area contributed by atoms with Crippen molar-refractivity contribution in [1.29, 1.82) is 0 Å². The molecule has 1 N–H and O–H groups in total. The molecule has 31 heavy (non-hydrogen) atoms. The Morgan fingerprint density at radius 3 is 2.65 bits per heavy atom. The quantitative estimate of drug-likeness (QED) is 0.423. The fraction of sp³-hybridized carbons (Fsp3) is 0.292. The van der Waals surface area contributed by atoms with Gasteiger partial charge in [-0.3, -0.25) is 4.79 Å². The number of ether oxygens (including phenoxy) is 1. The third-order valence-corrected chi connectivity index (χ3v) is 5.51. The van der Waals surface area contributed by atoms with Gasteiger partial charge in [-0.2, -0.15) is 0 Å². The molecule has 7 heteroatoms. The van der Waals surface area contributed by atoms with Crippen LogP contribution in [0.25, 0.3) is 11.1 Å². The molecule has 0 unspecified atom stereocenters. The minimum absolute atomic E-state index is 0.129. The Bertz CT molecular complexity index is 1200. The molecule has 4 rings (SSSR count). The average molecular weight is 436 g/mol. The van der Waals surface area contributed by atoms with E-state index in [1.807, 2.05) is 75.5 Å². The zero-order valence-corrected chi connectivity index (χ0v) is 18.9. The summed E-state index contributed by atoms with van der Waals surface area (Å²) in [5, 5.41) is 5.64. The van der Waals surface area contributed by atoms with Crippen LogP contribution in [0.4, 0.5) is 5.69 Å². The summed E-state index contributed by atoms with van der Waals surface area (Å²) in [5.74, 6) is 1.35. The van der Waals surface area contributed by atoms with Crippen LogP contribution in [0.1, 0.15) is 42.9 Å². The van der Waals surface area contributed by atoms with E-state index in [-0.39, 0.29) is 17.7 Å². The molecule has 0 spiro atoms. The Kier molecular flexibility index (Phi) is 5.78. The number of rotatable bonds is 6. The number of thiazole rings is 1. The summed E-state index contributed by atoms with van der Waals surface area (Å²) in [6, 6.07) is 13.4. The molecule has 0 radical (unpaired) electrons. The number of amides is 1. The summed E-state index contributed by atoms with van der Waals surface area (Å²) < 4.78 is 11.6. The second kappa shape index (κ2) is 8.51. The van der Waals surface area contributed by atoms with Gasteiger partial charge in [-0.05, 0) is 37.3 Å². The minimum Gasteiger partial charge on any atom is -0.486 e. The first-order chi connectivity index (χ1) is 14.8. The van der Waals surface area contributed by atoms with E-state index in [0.717, 1.165) is 22.0 Å². The zero-order valence-electron chi connectivity index (χ0n) is 18.1. The average Bonchev–Trinajstić information content (AvgIpc) is 3.33. The standard InChI is InChI=1S/C24H25N3O3S/c1-15-5-8-18(9-6-15)29-13-22-26-17(14-31-22)12-21(28)25-16-7-10-20-19(11-16)27-23(30-20)24(2,3)4/h5-11,14H,12-13H2,1-4H3,(H,25,28). The number of aryl methyl sites for hydroxylation is 1. The first kappa shape index (κ1) is 21.1. The fourth-order valence-electron chi connectivity index (χ4n) is 2.97. The molecule has 0 atom stereocenters. The molecule has 0 saturated carbocycles. The molecule has 0 aliphatic carbocycles. The van der Waals surface area contributed by atoms with Crippen molar-refractivity contribution in [1.82, 2.24) is 9.97 Å². The van der Waals surface area contributed by atoms with E-state index >= 15 is 0 Å². The van der Waals surface area contributed by atoms with Gasteiger partial charge in [0.1, 0.15) is 22.9 Å². The van der Waals surface area contributed by atoms with Crippen LogP contribution in [0, 0.1) is 6.92 Å². The van der Waals surface area contributed by atoms with Crippen molar-refractivity contribution in [2.75, 3.05) is 5.32 Å². The van der Waals surface area contributed by atoms with Gasteiger partial charge in [-0.1, -0.05) is 38.5 Å². The van der Waals surface area contributed by atoms with Gasteiger partial charge >= 0.3 is 0 Å². The molecule has 2 heterocycles. The Morgan fingerprint density at radius 2 is 1.90 bits per heavy atom. The summed E-state index contributed by atoms with van der Waals surface area (Å²) in [5.41, 5.74) is 3.86. The highest BCUT2D eigenvalue weighted by atomic mass is 32.1. The number of carbonyl (C=O) groups is 1. The van der Waals surface area contributed by atoms with Crippen LogP contribution in [0.2, 0.25) is 0 Å². The van der Waals surface area contributed by atoms with Crippen molar-refractivity contribution in [3.63, 3.8) is 0 Å². The lowest BCUT2D eigenvalue weighted by Crippen LogP contribution is -2.14. The molecular formula is C24H25N3O3S. The van der Waals surface area contributed by atoms with Gasteiger partial charge in [0.05, 0.1) is 12.1 Å². The monoisotopic (exact) mass is 435 g/mol. The van der Waals surface area contributed by atoms with Crippen molar-refractivity contribution >= 4 is 34.0 Å². The summed E-state index contributed by atoms with van der Waals surface area (Å²) in [7, 11) is 0. The molecule has 160 valence electrons. The molecule has 0 saturated heterocycles. The molecule has 6 nitrogen and oxygen atoms in total. The van der Waals surface area contributed by atoms with Crippen molar-refractivity contribution in [3.8, 4) is 5.75 Å². The normalized spacial score (nSPS) is 11.6. The lowest BCUT2D eigenvalue weighted by molar-refractivity contribution is -0.115. The van der Waals surface area contributed by atoms with E-state index < -0.39 is 0 Å². The number of hydrogen-bond acceptors (Lipinski definition) is 6. The predicted octanol–water partition coefficient (Wildman–Crippen LogP) is 5.65. The van der Waals surface area contributed by atoms with Crippen LogP contribution in [0.5, 0.6) is 5.75 Å². The molecule has 1 amide bonds. The molecule has 4 aromatic rings. The van der Waals surface area contributed by atoms with E-state index in [0.29, 0.717) is 23.8 Å². The molecule has 2 aromatic carbocycles. The van der Waals surface area contributed by atoms with Crippen LogP contribution < -0.4 is 10.1 Å². The van der Waals surface area contributed by atoms with E-state index in [2.05, 4.69) is 15.3 Å². The number of fused-ring (bicyclic) bond motifs is 1. The Labute approximate surface area is 185 Å². The number of hydrogen-bond donors (Lipinski definition) is 1. The maximum Gasteiger partial charge on any atom is 0.230 e. The van der Waals surface area contributed by atoms with Gasteiger partial charge in [0.2, 0.25) is 11.8 Å². The largest absolute Gasteiger partial charge is 0.486 e. The third kappa shape index (κ3) is 5.30. The first-order valence-corrected chi connectivity index (χ1v) is 11.0. The number of oxazole rings is 1. The second-order valence-corrected chi connectivity index (χ2v) is 9.45. The number of nitrogens with zero attached hydrogens (tertiary/aromatic N) is 2. The zero-order chi connectivity index (χ0) is 22.0. The minimum atomic E-state index is -0.173. The fourth-order valence-corrected chi connectivity index (χ4v) is 3.68. The predicted molar refractivity (Wildman–Crippen MR) is 123 cm³/mol. The van der Waals surface area contributed by atoms with Crippen LogP contribution >= 0.6 is 11.3 Å². The van der Waals surface area contributed by atoms with Crippen LogP contribution in [0.15, 0.2) is 52.3 Å². The van der Waals surface area contributed by atoms with Crippen molar-refractivity contribution in [3.05, 3.63) is 70.0 Å². The van der Waals surface area contributed by atoms with Crippen LogP contribution in [-0.2, 0) is 23.2 Å². The Hall–Kier alpha value is -3.19. The Balaban J connectivity index is 1.35. The summed E-state index contributed by atoms with van der Waals surface area (Å²) in [4.78, 5) is 21.5. The first-order valence-electron chi connectivity index (χ1n) is 10.1. The Morgan fingerprint density at radius 1 is 1.13 bits per heavy atom. The molecular weight excluding hydrogens is 410 g/mol. The third-order valence-electron chi connectivity index (χ3n) is 4.64. The van der Waals surface area contributed by atoms with Gasteiger partial charge in [-0.15, -0.1) is 11.3 Å². The van der Waals surface area contributed by atoms with Gasteiger partial charge in [0, 0.05) is 16.5 Å². The molecule has 0 fully saturated rings. The number of benzene rings is 2. The van der Waals surface area contributed by atoms with Gasteiger partial charge in [0.15, 0.2) is 5.58 Å². The summed E-state index contributed by atoms with van der Waals surface area (Å²) >= 11 is 1.49. The van der Waals surface area contributed by atoms with Crippen LogP contribution in [-0.4, -0.2) is 15.9 Å². The van der Waals surface area contributed by atoms with E-state index in [1.54, 1.807) is 0 Å². The molecule has 0 bridgehead atoms. The maximum absolute atomic E-state index is 12.5. The molecule has 0 aliphatic rings. The maximum atomic E-state index is 12.5. The van der Waals surface area contributed by atoms with E-state index in [4.69, 9.17) is 9.15 Å². The van der Waals surface area contributed by atoms with Gasteiger partial charge in [0.25, 0.3) is 0 Å². The molecule has 2 aromatic heterocycles. The van der Waals surface area contributed by atoms with E-state index in [9.17, 15) is 4.79 Å². The van der Waals surface area contributed by atoms with Crippen molar-refractivity contribution < 1.29 is 13.9 Å². The smallest absolute Gasteiger partial charge is 0.230 e. The number of carbonyl (C=O) groups excluding carboxylic acids is 1. The number of aromatic nitrogens is 2. The second-order valence-electron chi connectivity index (χ2n) is 8.51. The van der Waals surface area contributed by atoms with Gasteiger partial charge < -0.3 is 14.5 Å². The lowest BCUT2D eigenvalue weighted by Gasteiger charge is -2.11. The van der Waals surface area contributed by atoms with Gasteiger partial charge in [-0.25, -0.2) is 9.97 Å². The molecule has 0 aliphatic heterocycles. The number of nitrogens with one attached hydrogen (secondary N) is 1. The summed E-state index contributed by atoms with van der Waals surface area (Å²) in [6.07, 6.45) is 0.200. The van der Waals surface area contributed by atoms with E-state index in [1.165, 1.54) is 16.9 Å². The summed E-state index contributed by atoms with van der Waals surface area (Å²) in [6.45, 7) is 8.57. The lowest BCUT2D eigenvalue weighted by atomic mass is 9.97. The van der Waals surface area contributed by atoms with Crippen LogP contribution in [0.3, 0.4) is 0 Å². The highest BCUT2D eigenvalue weighted by molar-refractivity contribution is 7.09. The number of anilines is 1. The van der Waals surface area contributed by atoms with Crippen molar-refractivity contribution in [2.45, 2.75) is 46.1 Å².